The van der Waals surface area contributed by atoms with Crippen LogP contribution in [-0.2, 0) is 11.3 Å². The molecule has 5 rings (SSSR count). The molecule has 0 unspecified atom stereocenters. The number of benzene rings is 1. The summed E-state index contributed by atoms with van der Waals surface area (Å²) in [6, 6.07) is 5.38. The largest absolute Gasteiger partial charge is 0.495 e. The molecule has 1 saturated carbocycles. The van der Waals surface area contributed by atoms with Crippen molar-refractivity contribution in [2.75, 3.05) is 59.3 Å². The highest BCUT2D eigenvalue weighted by Gasteiger charge is 2.45. The number of methoxy groups -OCH3 is 2. The quantitative estimate of drug-likeness (QED) is 0.241. The summed E-state index contributed by atoms with van der Waals surface area (Å²) >= 11 is 13.5. The topological polar surface area (TPSA) is 126 Å². The zero-order valence-electron chi connectivity index (χ0n) is 27.0. The number of halogens is 2. The second-order valence-electron chi connectivity index (χ2n) is 13.1. The number of amides is 1. The lowest BCUT2D eigenvalue weighted by Crippen LogP contribution is -2.50. The Morgan fingerprint density at radius 1 is 1.09 bits per heavy atom. The van der Waals surface area contributed by atoms with Crippen LogP contribution in [-0.4, -0.2) is 84.2 Å². The summed E-state index contributed by atoms with van der Waals surface area (Å²) in [7, 11) is 4.70. The highest BCUT2D eigenvalue weighted by molar-refractivity contribution is 6.41. The van der Waals surface area contributed by atoms with Crippen LogP contribution in [0.15, 0.2) is 34.8 Å². The number of nitriles is 1. The number of hydrogen-bond acceptors (Lipinski definition) is 9. The molecule has 2 aliphatic rings. The number of allylic oxidation sites excluding steroid dienone is 1. The average molecular weight is 669 g/mol. The molecule has 13 heteroatoms. The summed E-state index contributed by atoms with van der Waals surface area (Å²) in [6.45, 7) is 9.52. The number of pyridine rings is 1. The molecular formula is C33H39Cl2N7O4. The van der Waals surface area contributed by atoms with Crippen LogP contribution in [0.5, 0.6) is 11.5 Å². The van der Waals surface area contributed by atoms with Gasteiger partial charge in [-0.15, -0.1) is 0 Å². The molecule has 1 aromatic carbocycles. The van der Waals surface area contributed by atoms with Gasteiger partial charge in [-0.2, -0.15) is 10.2 Å². The Hall–Kier alpha value is -3.85. The second-order valence-corrected chi connectivity index (χ2v) is 13.8. The van der Waals surface area contributed by atoms with Gasteiger partial charge in [0, 0.05) is 74.9 Å². The number of carbonyl (C=O) groups is 1. The van der Waals surface area contributed by atoms with Gasteiger partial charge in [-0.1, -0.05) is 50.0 Å². The summed E-state index contributed by atoms with van der Waals surface area (Å²) in [5.74, 6) is 0.839. The van der Waals surface area contributed by atoms with Gasteiger partial charge >= 0.3 is 0 Å². The van der Waals surface area contributed by atoms with Crippen molar-refractivity contribution >= 4 is 46.1 Å². The SMILES string of the molecule is CNc1ncc2cc(-c3c(Cl)c(OC)cc(OC)c3Cl)c(=O)n(CC3(CN4CCN(C(=O)C(C#N)=CC(C)(C)C)CC4)CC3)c2n1. The van der Waals surface area contributed by atoms with Crippen LogP contribution in [0.25, 0.3) is 22.2 Å². The van der Waals surface area contributed by atoms with E-state index in [9.17, 15) is 14.9 Å². The number of rotatable bonds is 9. The number of piperazine rings is 1. The fourth-order valence-corrected chi connectivity index (χ4v) is 6.64. The Bertz CT molecular complexity index is 1770. The van der Waals surface area contributed by atoms with Crippen molar-refractivity contribution in [3.05, 3.63) is 50.4 Å². The third kappa shape index (κ3) is 6.80. The van der Waals surface area contributed by atoms with E-state index in [0.29, 0.717) is 72.3 Å². The molecule has 2 aromatic heterocycles. The molecule has 46 heavy (non-hydrogen) atoms. The number of hydrogen-bond donors (Lipinski definition) is 1. The van der Waals surface area contributed by atoms with Crippen molar-refractivity contribution in [3.8, 4) is 28.7 Å². The van der Waals surface area contributed by atoms with Gasteiger partial charge in [0.15, 0.2) is 0 Å². The predicted octanol–water partition coefficient (Wildman–Crippen LogP) is 5.24. The molecule has 0 atom stereocenters. The lowest BCUT2D eigenvalue weighted by Gasteiger charge is -2.37. The molecule has 1 aliphatic heterocycles. The molecule has 3 heterocycles. The van der Waals surface area contributed by atoms with E-state index < -0.39 is 0 Å². The molecule has 0 radical (unpaired) electrons. The smallest absolute Gasteiger partial charge is 0.264 e. The lowest BCUT2D eigenvalue weighted by atomic mass is 9.93. The van der Waals surface area contributed by atoms with Gasteiger partial charge in [0.2, 0.25) is 5.95 Å². The normalized spacial score (nSPS) is 16.7. The third-order valence-corrected chi connectivity index (χ3v) is 9.24. The summed E-state index contributed by atoms with van der Waals surface area (Å²) in [6.07, 6.45) is 5.29. The first-order chi connectivity index (χ1) is 21.8. The Kier molecular flexibility index (Phi) is 9.55. The lowest BCUT2D eigenvalue weighted by molar-refractivity contribution is -0.128. The first-order valence-electron chi connectivity index (χ1n) is 15.2. The number of anilines is 1. The molecule has 1 saturated heterocycles. The fourth-order valence-electron chi connectivity index (χ4n) is 5.93. The Morgan fingerprint density at radius 2 is 1.72 bits per heavy atom. The number of nitrogens with one attached hydrogen (secondary N) is 1. The summed E-state index contributed by atoms with van der Waals surface area (Å²) in [5, 5.41) is 13.6. The Morgan fingerprint density at radius 3 is 2.24 bits per heavy atom. The van der Waals surface area contributed by atoms with Gasteiger partial charge in [-0.25, -0.2) is 4.98 Å². The maximum atomic E-state index is 14.4. The van der Waals surface area contributed by atoms with Crippen LogP contribution >= 0.6 is 23.2 Å². The number of nitrogens with zero attached hydrogens (tertiary/aromatic N) is 6. The van der Waals surface area contributed by atoms with Gasteiger partial charge < -0.3 is 19.7 Å². The van der Waals surface area contributed by atoms with E-state index in [-0.39, 0.29) is 37.9 Å². The monoisotopic (exact) mass is 667 g/mol. The standard InChI is InChI=1S/C33H39Cl2N7O4/c1-32(2,3)15-21(16-36)29(43)41-11-9-40(10-12-41)18-33(7-8-33)19-42-28-20(17-38-31(37-4)39-28)13-22(30(42)44)25-26(34)23(45-5)14-24(46-6)27(25)35/h13-15,17H,7-12,18-19H2,1-6H3,(H,37,38,39). The first kappa shape index (κ1) is 33.5. The molecule has 0 bridgehead atoms. The molecule has 3 aromatic rings. The van der Waals surface area contributed by atoms with Crippen LogP contribution in [0.2, 0.25) is 10.0 Å². The summed E-state index contributed by atoms with van der Waals surface area (Å²) in [5.41, 5.74) is 0.587. The van der Waals surface area contributed by atoms with E-state index in [1.807, 2.05) is 20.8 Å². The number of ether oxygens (including phenoxy) is 2. The highest BCUT2D eigenvalue weighted by Crippen LogP contribution is 2.49. The number of carbonyl (C=O) groups excluding carboxylic acids is 1. The van der Waals surface area contributed by atoms with Crippen molar-refractivity contribution < 1.29 is 14.3 Å². The predicted molar refractivity (Wildman–Crippen MR) is 180 cm³/mol. The molecule has 2 fully saturated rings. The average Bonchev–Trinajstić information content (AvgIpc) is 3.80. The van der Waals surface area contributed by atoms with E-state index >= 15 is 0 Å². The Balaban J connectivity index is 1.45. The molecular weight excluding hydrogens is 629 g/mol. The maximum absolute atomic E-state index is 14.4. The van der Waals surface area contributed by atoms with Gasteiger partial charge in [0.25, 0.3) is 11.5 Å². The zero-order valence-corrected chi connectivity index (χ0v) is 28.6. The molecule has 1 aliphatic carbocycles. The van der Waals surface area contributed by atoms with E-state index in [1.165, 1.54) is 14.2 Å². The fraction of sp³-hybridized carbons (Fsp3) is 0.485. The highest BCUT2D eigenvalue weighted by atomic mass is 35.5. The Labute approximate surface area is 278 Å². The van der Waals surface area contributed by atoms with Gasteiger partial charge in [-0.05, 0) is 24.3 Å². The van der Waals surface area contributed by atoms with Gasteiger partial charge in [-0.3, -0.25) is 19.1 Å². The molecule has 1 amide bonds. The first-order valence-corrected chi connectivity index (χ1v) is 15.9. The minimum atomic E-state index is -0.288. The molecule has 1 N–H and O–H groups in total. The van der Waals surface area contributed by atoms with Crippen LogP contribution in [0.1, 0.15) is 33.6 Å². The van der Waals surface area contributed by atoms with Crippen LogP contribution < -0.4 is 20.3 Å². The molecule has 0 spiro atoms. The summed E-state index contributed by atoms with van der Waals surface area (Å²) < 4.78 is 12.6. The van der Waals surface area contributed by atoms with Crippen LogP contribution in [0.4, 0.5) is 5.95 Å². The third-order valence-electron chi connectivity index (χ3n) is 8.49. The van der Waals surface area contributed by atoms with Crippen LogP contribution in [0, 0.1) is 22.2 Å². The van der Waals surface area contributed by atoms with E-state index in [4.69, 9.17) is 32.7 Å². The molecule has 11 nitrogen and oxygen atoms in total. The van der Waals surface area contributed by atoms with Crippen molar-refractivity contribution in [1.82, 2.24) is 24.3 Å². The maximum Gasteiger partial charge on any atom is 0.264 e. The zero-order chi connectivity index (χ0) is 33.4. The number of fused-ring (bicyclic) bond motifs is 1. The van der Waals surface area contributed by atoms with Crippen LogP contribution in [0.3, 0.4) is 0 Å². The van der Waals surface area contributed by atoms with Gasteiger partial charge in [0.1, 0.15) is 28.8 Å². The summed E-state index contributed by atoms with van der Waals surface area (Å²) in [4.78, 5) is 40.6. The second kappa shape index (κ2) is 13.1. The number of aromatic nitrogens is 3. The van der Waals surface area contributed by atoms with E-state index in [2.05, 4.69) is 26.3 Å². The van der Waals surface area contributed by atoms with Crippen molar-refractivity contribution in [2.24, 2.45) is 10.8 Å². The van der Waals surface area contributed by atoms with Gasteiger partial charge in [0.05, 0.1) is 29.8 Å². The minimum absolute atomic E-state index is 0.157. The van der Waals surface area contributed by atoms with E-state index in [1.54, 1.807) is 40.9 Å². The van der Waals surface area contributed by atoms with Crippen molar-refractivity contribution in [3.63, 3.8) is 0 Å². The molecule has 244 valence electrons. The van der Waals surface area contributed by atoms with Crippen molar-refractivity contribution in [2.45, 2.75) is 40.2 Å². The van der Waals surface area contributed by atoms with E-state index in [0.717, 1.165) is 19.4 Å². The minimum Gasteiger partial charge on any atom is -0.495 e. The van der Waals surface area contributed by atoms with Crippen molar-refractivity contribution in [1.29, 1.82) is 5.26 Å².